The molecule has 1 amide bonds. The minimum Gasteiger partial charge on any atom is -0.350 e. The SMILES string of the molecule is O=C(CC1CCCNC1)NCC(F)(F)C(F)F. The Bertz CT molecular complexity index is 255. The first-order valence-electron chi connectivity index (χ1n) is 5.55. The van der Waals surface area contributed by atoms with E-state index in [1.807, 2.05) is 5.32 Å². The number of piperidine rings is 1. The zero-order valence-corrected chi connectivity index (χ0v) is 9.32. The van der Waals surface area contributed by atoms with Crippen LogP contribution in [0.2, 0.25) is 0 Å². The van der Waals surface area contributed by atoms with Crippen molar-refractivity contribution in [2.45, 2.75) is 31.6 Å². The third kappa shape index (κ3) is 4.89. The molecule has 0 aromatic rings. The molecule has 1 rings (SSSR count). The van der Waals surface area contributed by atoms with Crippen LogP contribution in [-0.2, 0) is 4.79 Å². The van der Waals surface area contributed by atoms with Gasteiger partial charge in [0.25, 0.3) is 0 Å². The molecule has 1 atom stereocenters. The summed E-state index contributed by atoms with van der Waals surface area (Å²) in [7, 11) is 0. The summed E-state index contributed by atoms with van der Waals surface area (Å²) in [5, 5.41) is 4.94. The molecule has 0 aliphatic carbocycles. The van der Waals surface area contributed by atoms with Crippen LogP contribution in [0.3, 0.4) is 0 Å². The third-order valence-corrected chi connectivity index (χ3v) is 2.71. The molecule has 3 nitrogen and oxygen atoms in total. The Morgan fingerprint density at radius 1 is 1.47 bits per heavy atom. The summed E-state index contributed by atoms with van der Waals surface area (Å²) in [5.74, 6) is -4.65. The highest BCUT2D eigenvalue weighted by molar-refractivity contribution is 5.76. The molecule has 1 saturated heterocycles. The van der Waals surface area contributed by atoms with Gasteiger partial charge in [-0.05, 0) is 31.8 Å². The fraction of sp³-hybridized carbons (Fsp3) is 0.900. The maximum Gasteiger partial charge on any atom is 0.324 e. The number of carbonyl (C=O) groups excluding carboxylic acids is 1. The van der Waals surface area contributed by atoms with E-state index in [2.05, 4.69) is 5.32 Å². The van der Waals surface area contributed by atoms with Gasteiger partial charge in [0, 0.05) is 6.42 Å². The molecule has 0 aromatic carbocycles. The lowest BCUT2D eigenvalue weighted by atomic mass is 9.96. The van der Waals surface area contributed by atoms with Crippen LogP contribution in [0.1, 0.15) is 19.3 Å². The molecule has 1 aliphatic rings. The molecule has 0 bridgehead atoms. The van der Waals surface area contributed by atoms with E-state index in [4.69, 9.17) is 0 Å². The van der Waals surface area contributed by atoms with E-state index in [0.29, 0.717) is 6.54 Å². The first-order chi connectivity index (χ1) is 7.92. The van der Waals surface area contributed by atoms with E-state index >= 15 is 0 Å². The molecular weight excluding hydrogens is 240 g/mol. The minimum absolute atomic E-state index is 0.101. The van der Waals surface area contributed by atoms with Gasteiger partial charge in [-0.3, -0.25) is 4.79 Å². The van der Waals surface area contributed by atoms with Gasteiger partial charge in [0.05, 0.1) is 6.54 Å². The molecule has 1 unspecified atom stereocenters. The number of amides is 1. The van der Waals surface area contributed by atoms with E-state index in [0.717, 1.165) is 19.4 Å². The Morgan fingerprint density at radius 2 is 2.18 bits per heavy atom. The highest BCUT2D eigenvalue weighted by Gasteiger charge is 2.40. The quantitative estimate of drug-likeness (QED) is 0.730. The Balaban J connectivity index is 2.25. The molecule has 100 valence electrons. The molecule has 0 saturated carbocycles. The summed E-state index contributed by atoms with van der Waals surface area (Å²) >= 11 is 0. The summed E-state index contributed by atoms with van der Waals surface area (Å²) in [6.07, 6.45) is -1.86. The summed E-state index contributed by atoms with van der Waals surface area (Å²) in [6, 6.07) is 0. The van der Waals surface area contributed by atoms with Gasteiger partial charge in [-0.2, -0.15) is 8.78 Å². The van der Waals surface area contributed by atoms with Crippen molar-refractivity contribution in [2.75, 3.05) is 19.6 Å². The lowest BCUT2D eigenvalue weighted by Crippen LogP contribution is -2.42. The van der Waals surface area contributed by atoms with E-state index in [-0.39, 0.29) is 12.3 Å². The van der Waals surface area contributed by atoms with Crippen LogP contribution in [0, 0.1) is 5.92 Å². The predicted molar refractivity (Wildman–Crippen MR) is 54.2 cm³/mol. The van der Waals surface area contributed by atoms with Crippen molar-refractivity contribution in [3.8, 4) is 0 Å². The second kappa shape index (κ2) is 6.18. The Labute approximate surface area is 96.9 Å². The maximum absolute atomic E-state index is 12.5. The molecule has 0 radical (unpaired) electrons. The number of hydrogen-bond donors (Lipinski definition) is 2. The van der Waals surface area contributed by atoms with Crippen LogP contribution in [0.5, 0.6) is 0 Å². The van der Waals surface area contributed by atoms with Crippen molar-refractivity contribution >= 4 is 5.91 Å². The van der Waals surface area contributed by atoms with Crippen molar-refractivity contribution in [1.82, 2.24) is 10.6 Å². The number of hydrogen-bond acceptors (Lipinski definition) is 2. The van der Waals surface area contributed by atoms with Gasteiger partial charge < -0.3 is 10.6 Å². The van der Waals surface area contributed by atoms with Gasteiger partial charge in [0.15, 0.2) is 0 Å². The van der Waals surface area contributed by atoms with E-state index < -0.39 is 24.8 Å². The number of carbonyl (C=O) groups is 1. The Morgan fingerprint density at radius 3 is 2.71 bits per heavy atom. The van der Waals surface area contributed by atoms with Gasteiger partial charge in [-0.25, -0.2) is 8.78 Å². The topological polar surface area (TPSA) is 41.1 Å². The third-order valence-electron chi connectivity index (χ3n) is 2.71. The van der Waals surface area contributed by atoms with Gasteiger partial charge in [-0.1, -0.05) is 0 Å². The van der Waals surface area contributed by atoms with Crippen molar-refractivity contribution < 1.29 is 22.4 Å². The van der Waals surface area contributed by atoms with Crippen LogP contribution in [0.25, 0.3) is 0 Å². The molecule has 2 N–H and O–H groups in total. The lowest BCUT2D eigenvalue weighted by Gasteiger charge is -2.22. The summed E-state index contributed by atoms with van der Waals surface area (Å²) in [6.45, 7) is 0.254. The monoisotopic (exact) mass is 256 g/mol. The molecule has 1 aliphatic heterocycles. The highest BCUT2D eigenvalue weighted by Crippen LogP contribution is 2.21. The number of halogens is 4. The maximum atomic E-state index is 12.5. The summed E-state index contributed by atoms with van der Waals surface area (Å²) in [4.78, 5) is 11.3. The predicted octanol–water partition coefficient (Wildman–Crippen LogP) is 1.39. The van der Waals surface area contributed by atoms with Crippen molar-refractivity contribution in [3.05, 3.63) is 0 Å². The average Bonchev–Trinajstić information content (AvgIpc) is 2.28. The molecule has 1 heterocycles. The van der Waals surface area contributed by atoms with Crippen molar-refractivity contribution in [3.63, 3.8) is 0 Å². The smallest absolute Gasteiger partial charge is 0.324 e. The molecule has 7 heteroatoms. The van der Waals surface area contributed by atoms with E-state index in [9.17, 15) is 22.4 Å². The minimum atomic E-state index is -4.15. The van der Waals surface area contributed by atoms with Crippen LogP contribution in [0.15, 0.2) is 0 Å². The van der Waals surface area contributed by atoms with Gasteiger partial charge in [-0.15, -0.1) is 0 Å². The number of rotatable bonds is 5. The zero-order valence-electron chi connectivity index (χ0n) is 9.32. The second-order valence-corrected chi connectivity index (χ2v) is 4.25. The van der Waals surface area contributed by atoms with E-state index in [1.165, 1.54) is 0 Å². The van der Waals surface area contributed by atoms with Crippen molar-refractivity contribution in [1.29, 1.82) is 0 Å². The van der Waals surface area contributed by atoms with Crippen LogP contribution < -0.4 is 10.6 Å². The molecule has 0 aromatic heterocycles. The highest BCUT2D eigenvalue weighted by atomic mass is 19.3. The van der Waals surface area contributed by atoms with Gasteiger partial charge in [0.2, 0.25) is 5.91 Å². The number of alkyl halides is 4. The molecule has 17 heavy (non-hydrogen) atoms. The Hall–Kier alpha value is -0.850. The van der Waals surface area contributed by atoms with Gasteiger partial charge >= 0.3 is 12.3 Å². The molecule has 1 fully saturated rings. The van der Waals surface area contributed by atoms with Crippen molar-refractivity contribution in [2.24, 2.45) is 5.92 Å². The first kappa shape index (κ1) is 14.2. The molecule has 0 spiro atoms. The van der Waals surface area contributed by atoms with Crippen LogP contribution in [-0.4, -0.2) is 37.9 Å². The Kier molecular flexibility index (Phi) is 5.17. The summed E-state index contributed by atoms with van der Waals surface area (Å²) in [5.41, 5.74) is 0. The average molecular weight is 256 g/mol. The number of nitrogens with one attached hydrogen (secondary N) is 2. The lowest BCUT2D eigenvalue weighted by molar-refractivity contribution is -0.137. The first-order valence-corrected chi connectivity index (χ1v) is 5.55. The largest absolute Gasteiger partial charge is 0.350 e. The van der Waals surface area contributed by atoms with Gasteiger partial charge in [0.1, 0.15) is 0 Å². The fourth-order valence-corrected chi connectivity index (χ4v) is 1.73. The van der Waals surface area contributed by atoms with Crippen LogP contribution in [0.4, 0.5) is 17.6 Å². The fourth-order valence-electron chi connectivity index (χ4n) is 1.73. The second-order valence-electron chi connectivity index (χ2n) is 4.25. The standard InChI is InChI=1S/C10H16F4N2O/c11-9(12)10(13,14)6-16-8(17)4-7-2-1-3-15-5-7/h7,9,15H,1-6H2,(H,16,17). The van der Waals surface area contributed by atoms with Crippen LogP contribution >= 0.6 is 0 Å². The van der Waals surface area contributed by atoms with E-state index in [1.54, 1.807) is 0 Å². The normalized spacial score (nSPS) is 21.6. The summed E-state index contributed by atoms with van der Waals surface area (Å²) < 4.78 is 48.6. The zero-order chi connectivity index (χ0) is 12.9. The molecular formula is C10H16F4N2O.